The molecule has 5 nitrogen and oxygen atoms in total. The third-order valence-electron chi connectivity index (χ3n) is 5.61. The molecule has 5 heteroatoms. The zero-order valence-corrected chi connectivity index (χ0v) is 15.2. The molecule has 0 heterocycles. The Morgan fingerprint density at radius 1 is 1.24 bits per heavy atom. The lowest BCUT2D eigenvalue weighted by Crippen LogP contribution is -2.52. The van der Waals surface area contributed by atoms with E-state index in [-0.39, 0.29) is 17.9 Å². The molecule has 0 saturated heterocycles. The first-order valence-electron chi connectivity index (χ1n) is 9.16. The molecule has 0 aromatic heterocycles. The lowest BCUT2D eigenvalue weighted by atomic mass is 9.66. The number of benzene rings is 1. The topological polar surface area (TPSA) is 75.6 Å². The van der Waals surface area contributed by atoms with Crippen LogP contribution in [0.5, 0.6) is 0 Å². The number of hydrogen-bond donors (Lipinski definition) is 2. The van der Waals surface area contributed by atoms with Crippen LogP contribution in [0.1, 0.15) is 51.5 Å². The van der Waals surface area contributed by atoms with E-state index in [0.29, 0.717) is 26.1 Å². The van der Waals surface area contributed by atoms with Gasteiger partial charge < -0.3 is 15.2 Å². The number of carboxylic acid groups (broad SMARTS) is 1. The van der Waals surface area contributed by atoms with Crippen LogP contribution in [0.2, 0.25) is 0 Å². The van der Waals surface area contributed by atoms with E-state index in [2.05, 4.69) is 5.32 Å². The summed E-state index contributed by atoms with van der Waals surface area (Å²) < 4.78 is 5.42. The third-order valence-corrected chi connectivity index (χ3v) is 5.61. The van der Waals surface area contributed by atoms with Crippen LogP contribution in [0.25, 0.3) is 0 Å². The largest absolute Gasteiger partial charge is 0.481 e. The molecule has 1 saturated carbocycles. The lowest BCUT2D eigenvalue weighted by molar-refractivity contribution is -0.145. The molecule has 1 aromatic carbocycles. The van der Waals surface area contributed by atoms with Gasteiger partial charge in [-0.05, 0) is 38.2 Å². The van der Waals surface area contributed by atoms with Gasteiger partial charge in [0.1, 0.15) is 5.41 Å². The smallest absolute Gasteiger partial charge is 0.315 e. The summed E-state index contributed by atoms with van der Waals surface area (Å²) in [6.07, 6.45) is 3.85. The first kappa shape index (κ1) is 19.4. The summed E-state index contributed by atoms with van der Waals surface area (Å²) in [7, 11) is 0. The predicted molar refractivity (Wildman–Crippen MR) is 96.5 cm³/mol. The Hall–Kier alpha value is -1.88. The molecule has 0 aliphatic heterocycles. The van der Waals surface area contributed by atoms with Gasteiger partial charge in [-0.2, -0.15) is 0 Å². The Morgan fingerprint density at radius 2 is 1.92 bits per heavy atom. The lowest BCUT2D eigenvalue weighted by Gasteiger charge is -2.41. The van der Waals surface area contributed by atoms with Crippen LogP contribution in [0.4, 0.5) is 0 Å². The first-order valence-corrected chi connectivity index (χ1v) is 9.16. The van der Waals surface area contributed by atoms with E-state index < -0.39 is 11.4 Å². The van der Waals surface area contributed by atoms with Gasteiger partial charge in [0.2, 0.25) is 5.91 Å². The number of nitrogens with one attached hydrogen (secondary N) is 1. The Balaban J connectivity index is 2.10. The van der Waals surface area contributed by atoms with Gasteiger partial charge in [0.25, 0.3) is 0 Å². The Labute approximate surface area is 149 Å². The van der Waals surface area contributed by atoms with E-state index in [0.717, 1.165) is 24.8 Å². The molecule has 0 bridgehead atoms. The van der Waals surface area contributed by atoms with Crippen LogP contribution in [-0.2, 0) is 19.7 Å². The average molecular weight is 347 g/mol. The molecule has 138 valence electrons. The molecular formula is C20H29NO4. The summed E-state index contributed by atoms with van der Waals surface area (Å²) >= 11 is 0. The summed E-state index contributed by atoms with van der Waals surface area (Å²) in [5.74, 6) is -0.938. The standard InChI is InChI=1S/C20H29NO4/c1-3-20(18(23)24,16-9-6-5-7-10-16)15-21-17(22)19(11-8-12-19)13-14-25-4-2/h5-7,9-10H,3-4,8,11-15H2,1-2H3,(H,21,22)(H,23,24). The summed E-state index contributed by atoms with van der Waals surface area (Å²) in [6, 6.07) is 9.16. The monoisotopic (exact) mass is 347 g/mol. The number of carbonyl (C=O) groups is 2. The second-order valence-corrected chi connectivity index (χ2v) is 6.87. The summed E-state index contributed by atoms with van der Waals surface area (Å²) in [5, 5.41) is 12.8. The molecule has 1 unspecified atom stereocenters. The van der Waals surface area contributed by atoms with E-state index in [1.165, 1.54) is 0 Å². The van der Waals surface area contributed by atoms with Crippen molar-refractivity contribution >= 4 is 11.9 Å². The molecule has 1 amide bonds. The second kappa shape index (κ2) is 8.48. The predicted octanol–water partition coefficient (Wildman–Crippen LogP) is 3.13. The highest BCUT2D eigenvalue weighted by molar-refractivity contribution is 5.86. The SMILES string of the molecule is CCOCCC1(C(=O)NCC(CC)(C(=O)O)c2ccccc2)CCC1. The van der Waals surface area contributed by atoms with Gasteiger partial charge in [-0.3, -0.25) is 9.59 Å². The molecule has 25 heavy (non-hydrogen) atoms. The van der Waals surface area contributed by atoms with Crippen molar-refractivity contribution < 1.29 is 19.4 Å². The van der Waals surface area contributed by atoms with E-state index in [9.17, 15) is 14.7 Å². The summed E-state index contributed by atoms with van der Waals surface area (Å²) in [4.78, 5) is 24.8. The molecule has 2 N–H and O–H groups in total. The maximum Gasteiger partial charge on any atom is 0.315 e. The molecule has 1 aliphatic rings. The van der Waals surface area contributed by atoms with Crippen molar-refractivity contribution in [3.63, 3.8) is 0 Å². The molecule has 1 aromatic rings. The normalized spacial score (nSPS) is 18.0. The number of carbonyl (C=O) groups excluding carboxylic acids is 1. The maximum atomic E-state index is 12.8. The van der Waals surface area contributed by atoms with E-state index in [1.54, 1.807) is 0 Å². The number of amides is 1. The molecule has 1 fully saturated rings. The number of rotatable bonds is 10. The minimum absolute atomic E-state index is 0.0338. The number of aliphatic carboxylic acids is 1. The highest BCUT2D eigenvalue weighted by Crippen LogP contribution is 2.44. The van der Waals surface area contributed by atoms with E-state index >= 15 is 0 Å². The fraction of sp³-hybridized carbons (Fsp3) is 0.600. The highest BCUT2D eigenvalue weighted by atomic mass is 16.5. The average Bonchev–Trinajstić information content (AvgIpc) is 2.58. The summed E-state index contributed by atoms with van der Waals surface area (Å²) in [5.41, 5.74) is -0.756. The van der Waals surface area contributed by atoms with Crippen molar-refractivity contribution in [2.45, 2.75) is 51.4 Å². The Bertz CT molecular complexity index is 583. The van der Waals surface area contributed by atoms with Gasteiger partial charge in [-0.15, -0.1) is 0 Å². The Morgan fingerprint density at radius 3 is 2.40 bits per heavy atom. The maximum absolute atomic E-state index is 12.8. The number of carboxylic acids is 1. The zero-order valence-electron chi connectivity index (χ0n) is 15.2. The zero-order chi connectivity index (χ0) is 18.3. The fourth-order valence-electron chi connectivity index (χ4n) is 3.56. The van der Waals surface area contributed by atoms with Crippen molar-refractivity contribution in [2.24, 2.45) is 5.41 Å². The van der Waals surface area contributed by atoms with Crippen molar-refractivity contribution in [1.29, 1.82) is 0 Å². The second-order valence-electron chi connectivity index (χ2n) is 6.87. The van der Waals surface area contributed by atoms with Crippen molar-refractivity contribution in [2.75, 3.05) is 19.8 Å². The molecule has 1 atom stereocenters. The van der Waals surface area contributed by atoms with Gasteiger partial charge in [-0.25, -0.2) is 0 Å². The number of ether oxygens (including phenoxy) is 1. The summed E-state index contributed by atoms with van der Waals surface area (Å²) in [6.45, 7) is 5.11. The van der Waals surface area contributed by atoms with Gasteiger partial charge in [0.05, 0.1) is 5.41 Å². The number of hydrogen-bond acceptors (Lipinski definition) is 3. The fourth-order valence-corrected chi connectivity index (χ4v) is 3.56. The van der Waals surface area contributed by atoms with Crippen LogP contribution >= 0.6 is 0 Å². The van der Waals surface area contributed by atoms with Gasteiger partial charge in [-0.1, -0.05) is 43.7 Å². The van der Waals surface area contributed by atoms with Gasteiger partial charge in [0.15, 0.2) is 0 Å². The minimum Gasteiger partial charge on any atom is -0.481 e. The molecule has 0 radical (unpaired) electrons. The Kier molecular flexibility index (Phi) is 6.59. The van der Waals surface area contributed by atoms with Crippen LogP contribution < -0.4 is 5.32 Å². The molecule has 1 aliphatic carbocycles. The van der Waals surface area contributed by atoms with Gasteiger partial charge in [0, 0.05) is 19.8 Å². The van der Waals surface area contributed by atoms with E-state index in [4.69, 9.17) is 4.74 Å². The molecular weight excluding hydrogens is 318 g/mol. The van der Waals surface area contributed by atoms with Crippen molar-refractivity contribution in [1.82, 2.24) is 5.32 Å². The van der Waals surface area contributed by atoms with Crippen LogP contribution in [0.15, 0.2) is 30.3 Å². The minimum atomic E-state index is -1.10. The first-order chi connectivity index (χ1) is 12.0. The van der Waals surface area contributed by atoms with Crippen molar-refractivity contribution in [3.8, 4) is 0 Å². The van der Waals surface area contributed by atoms with Crippen LogP contribution in [0, 0.1) is 5.41 Å². The quantitative estimate of drug-likeness (QED) is 0.638. The highest BCUT2D eigenvalue weighted by Gasteiger charge is 2.45. The van der Waals surface area contributed by atoms with Crippen LogP contribution in [-0.4, -0.2) is 36.7 Å². The van der Waals surface area contributed by atoms with Crippen LogP contribution in [0.3, 0.4) is 0 Å². The third kappa shape index (κ3) is 4.03. The van der Waals surface area contributed by atoms with E-state index in [1.807, 2.05) is 44.2 Å². The molecule has 2 rings (SSSR count). The van der Waals surface area contributed by atoms with Crippen molar-refractivity contribution in [3.05, 3.63) is 35.9 Å². The van der Waals surface area contributed by atoms with Gasteiger partial charge >= 0.3 is 5.97 Å². The molecule has 0 spiro atoms.